The number of aliphatic carboxylic acids is 1. The molecule has 0 aromatic rings. The van der Waals surface area contributed by atoms with Crippen LogP contribution in [0.2, 0.25) is 0 Å². The molecule has 0 aliphatic carbocycles. The van der Waals surface area contributed by atoms with Gasteiger partial charge in [0.1, 0.15) is 0 Å². The number of carboxylic acids is 1. The number of aliphatic hydroxyl groups is 2. The maximum atomic E-state index is 10.1. The molecule has 0 heterocycles. The van der Waals surface area contributed by atoms with E-state index in [9.17, 15) is 9.90 Å². The Morgan fingerprint density at radius 3 is 2.36 bits per heavy atom. The quantitative estimate of drug-likeness (QED) is 0.424. The fourth-order valence-electron chi connectivity index (χ4n) is 1.08. The highest BCUT2D eigenvalue weighted by Crippen LogP contribution is 2.06. The molecule has 0 saturated carbocycles. The van der Waals surface area contributed by atoms with Crippen molar-refractivity contribution in [2.24, 2.45) is 0 Å². The molecule has 2 unspecified atom stereocenters. The summed E-state index contributed by atoms with van der Waals surface area (Å²) in [5, 5.41) is 26.5. The fourth-order valence-corrected chi connectivity index (χ4v) is 1.08. The Kier molecular flexibility index (Phi) is 7.06. The number of unbranched alkanes of at least 4 members (excludes halogenated alkanes) is 1. The predicted octanol–water partition coefficient (Wildman–Crippen LogP) is 0.929. The maximum absolute atomic E-state index is 10.1. The van der Waals surface area contributed by atoms with Crippen molar-refractivity contribution < 1.29 is 20.1 Å². The molecule has 0 fully saturated rings. The molecule has 0 bridgehead atoms. The van der Waals surface area contributed by atoms with Crippen molar-refractivity contribution in [3.05, 3.63) is 12.2 Å². The van der Waals surface area contributed by atoms with Gasteiger partial charge in [0.15, 0.2) is 0 Å². The van der Waals surface area contributed by atoms with Crippen molar-refractivity contribution in [2.75, 3.05) is 0 Å². The molecular weight excluding hydrogens is 184 g/mol. The molecule has 3 N–H and O–H groups in total. The minimum atomic E-state index is -1.05. The Bertz CT molecular complexity index is 187. The normalized spacial score (nSPS) is 15.6. The van der Waals surface area contributed by atoms with Crippen molar-refractivity contribution >= 4 is 5.97 Å². The van der Waals surface area contributed by atoms with Crippen molar-refractivity contribution in [3.8, 4) is 0 Å². The van der Waals surface area contributed by atoms with Crippen LogP contribution < -0.4 is 0 Å². The standard InChI is InChI=1S/C10H18O4/c1-8(11)4-2-3-5-9(12)6-7-10(13)14/h6-9,11-12H,2-5H2,1H3,(H,13,14). The molecule has 0 saturated heterocycles. The van der Waals surface area contributed by atoms with Crippen LogP contribution in [0.15, 0.2) is 12.2 Å². The highest BCUT2D eigenvalue weighted by Gasteiger charge is 2.01. The summed E-state index contributed by atoms with van der Waals surface area (Å²) in [5.74, 6) is -1.05. The van der Waals surface area contributed by atoms with Crippen LogP contribution in [0.4, 0.5) is 0 Å². The van der Waals surface area contributed by atoms with E-state index >= 15 is 0 Å². The van der Waals surface area contributed by atoms with Crippen molar-refractivity contribution in [2.45, 2.75) is 44.8 Å². The van der Waals surface area contributed by atoms with Crippen molar-refractivity contribution in [1.29, 1.82) is 0 Å². The van der Waals surface area contributed by atoms with Gasteiger partial charge in [0, 0.05) is 6.08 Å². The summed E-state index contributed by atoms with van der Waals surface area (Å²) in [6.45, 7) is 1.72. The lowest BCUT2D eigenvalue weighted by atomic mass is 10.1. The van der Waals surface area contributed by atoms with Crippen LogP contribution in [0.25, 0.3) is 0 Å². The van der Waals surface area contributed by atoms with Gasteiger partial charge in [0.05, 0.1) is 12.2 Å². The summed E-state index contributed by atoms with van der Waals surface area (Å²) in [4.78, 5) is 10.1. The molecule has 0 aromatic heterocycles. The molecule has 0 spiro atoms. The second-order valence-corrected chi connectivity index (χ2v) is 3.40. The number of rotatable bonds is 7. The van der Waals surface area contributed by atoms with Gasteiger partial charge >= 0.3 is 5.97 Å². The summed E-state index contributed by atoms with van der Waals surface area (Å²) < 4.78 is 0. The molecule has 0 rings (SSSR count). The van der Waals surface area contributed by atoms with E-state index in [2.05, 4.69) is 0 Å². The van der Waals surface area contributed by atoms with Crippen LogP contribution >= 0.6 is 0 Å². The van der Waals surface area contributed by atoms with Gasteiger partial charge in [-0.2, -0.15) is 0 Å². The van der Waals surface area contributed by atoms with Crippen molar-refractivity contribution in [1.82, 2.24) is 0 Å². The topological polar surface area (TPSA) is 77.8 Å². The van der Waals surface area contributed by atoms with E-state index in [-0.39, 0.29) is 6.10 Å². The van der Waals surface area contributed by atoms with Crippen LogP contribution in [0.5, 0.6) is 0 Å². The zero-order valence-corrected chi connectivity index (χ0v) is 8.39. The molecule has 0 aliphatic rings. The minimum Gasteiger partial charge on any atom is -0.478 e. The van der Waals surface area contributed by atoms with E-state index < -0.39 is 12.1 Å². The molecular formula is C10H18O4. The zero-order chi connectivity index (χ0) is 11.0. The van der Waals surface area contributed by atoms with Gasteiger partial charge in [0.2, 0.25) is 0 Å². The molecule has 82 valence electrons. The summed E-state index contributed by atoms with van der Waals surface area (Å²) >= 11 is 0. The van der Waals surface area contributed by atoms with Gasteiger partial charge in [0.25, 0.3) is 0 Å². The lowest BCUT2D eigenvalue weighted by Crippen LogP contribution is -2.04. The summed E-state index contributed by atoms with van der Waals surface area (Å²) in [7, 11) is 0. The zero-order valence-electron chi connectivity index (χ0n) is 8.39. The first kappa shape index (κ1) is 13.1. The maximum Gasteiger partial charge on any atom is 0.328 e. The van der Waals surface area contributed by atoms with Gasteiger partial charge in [-0.3, -0.25) is 0 Å². The van der Waals surface area contributed by atoms with E-state index in [0.29, 0.717) is 6.42 Å². The first-order valence-electron chi connectivity index (χ1n) is 4.79. The molecule has 4 nitrogen and oxygen atoms in total. The van der Waals surface area contributed by atoms with Crippen LogP contribution in [0.1, 0.15) is 32.6 Å². The smallest absolute Gasteiger partial charge is 0.328 e. The Labute approximate surface area is 83.9 Å². The van der Waals surface area contributed by atoms with Crippen LogP contribution in [0.3, 0.4) is 0 Å². The number of hydrogen-bond acceptors (Lipinski definition) is 3. The molecule has 0 amide bonds. The third kappa shape index (κ3) is 9.22. The lowest BCUT2D eigenvalue weighted by molar-refractivity contribution is -0.131. The second-order valence-electron chi connectivity index (χ2n) is 3.40. The highest BCUT2D eigenvalue weighted by molar-refractivity contribution is 5.79. The SMILES string of the molecule is CC(O)CCCCC(O)C=CC(=O)O. The second kappa shape index (κ2) is 7.53. The Balaban J connectivity index is 3.44. The number of hydrogen-bond donors (Lipinski definition) is 3. The number of carbonyl (C=O) groups is 1. The summed E-state index contributed by atoms with van der Waals surface area (Å²) in [6, 6.07) is 0. The largest absolute Gasteiger partial charge is 0.478 e. The molecule has 2 atom stereocenters. The Morgan fingerprint density at radius 1 is 1.29 bits per heavy atom. The van der Waals surface area contributed by atoms with Gasteiger partial charge in [-0.25, -0.2) is 4.79 Å². The average Bonchev–Trinajstić information content (AvgIpc) is 2.08. The van der Waals surface area contributed by atoms with Gasteiger partial charge in [-0.1, -0.05) is 12.8 Å². The van der Waals surface area contributed by atoms with Crippen LogP contribution in [0, 0.1) is 0 Å². The predicted molar refractivity (Wildman–Crippen MR) is 52.9 cm³/mol. The van der Waals surface area contributed by atoms with E-state index in [1.807, 2.05) is 0 Å². The number of carboxylic acid groups (broad SMARTS) is 1. The van der Waals surface area contributed by atoms with Crippen molar-refractivity contribution in [3.63, 3.8) is 0 Å². The van der Waals surface area contributed by atoms with E-state index in [1.54, 1.807) is 6.92 Å². The van der Waals surface area contributed by atoms with E-state index in [4.69, 9.17) is 10.2 Å². The van der Waals surface area contributed by atoms with Gasteiger partial charge in [-0.15, -0.1) is 0 Å². The fraction of sp³-hybridized carbons (Fsp3) is 0.700. The molecule has 0 radical (unpaired) electrons. The van der Waals surface area contributed by atoms with Crippen LogP contribution in [-0.4, -0.2) is 33.5 Å². The Hall–Kier alpha value is -0.870. The molecule has 0 aromatic carbocycles. The minimum absolute atomic E-state index is 0.304. The number of aliphatic hydroxyl groups excluding tert-OH is 2. The summed E-state index contributed by atoms with van der Waals surface area (Å²) in [6.07, 6.45) is 4.10. The average molecular weight is 202 g/mol. The third-order valence-corrected chi connectivity index (χ3v) is 1.83. The van der Waals surface area contributed by atoms with Gasteiger partial charge in [-0.05, 0) is 25.8 Å². The van der Waals surface area contributed by atoms with E-state index in [1.165, 1.54) is 6.08 Å². The van der Waals surface area contributed by atoms with Gasteiger partial charge < -0.3 is 15.3 Å². The first-order chi connectivity index (χ1) is 6.52. The first-order valence-corrected chi connectivity index (χ1v) is 4.79. The molecule has 4 heteroatoms. The highest BCUT2D eigenvalue weighted by atomic mass is 16.4. The molecule has 0 aliphatic heterocycles. The van der Waals surface area contributed by atoms with E-state index in [0.717, 1.165) is 25.3 Å². The monoisotopic (exact) mass is 202 g/mol. The van der Waals surface area contributed by atoms with Crippen LogP contribution in [-0.2, 0) is 4.79 Å². The Morgan fingerprint density at radius 2 is 1.86 bits per heavy atom. The third-order valence-electron chi connectivity index (χ3n) is 1.83. The lowest BCUT2D eigenvalue weighted by Gasteiger charge is -2.06. The molecule has 14 heavy (non-hydrogen) atoms. The summed E-state index contributed by atoms with van der Waals surface area (Å²) in [5.41, 5.74) is 0.